The molecule has 2 rings (SSSR count). The molecule has 0 aliphatic carbocycles. The van der Waals surface area contributed by atoms with Crippen molar-refractivity contribution in [3.05, 3.63) is 34.3 Å². The summed E-state index contributed by atoms with van der Waals surface area (Å²) in [5, 5.41) is 0. The van der Waals surface area contributed by atoms with Crippen molar-refractivity contribution < 1.29 is 0 Å². The van der Waals surface area contributed by atoms with Gasteiger partial charge in [-0.25, -0.2) is 0 Å². The summed E-state index contributed by atoms with van der Waals surface area (Å²) >= 11 is 3.50. The molecular formula is C15H24BrN3. The van der Waals surface area contributed by atoms with Crippen molar-refractivity contribution in [3.8, 4) is 0 Å². The molecule has 1 aromatic carbocycles. The van der Waals surface area contributed by atoms with Crippen LogP contribution in [-0.2, 0) is 0 Å². The fourth-order valence-corrected chi connectivity index (χ4v) is 2.98. The van der Waals surface area contributed by atoms with E-state index >= 15 is 0 Å². The molecule has 0 spiro atoms. The number of nitrogens with zero attached hydrogens (tertiary/aromatic N) is 2. The zero-order valence-corrected chi connectivity index (χ0v) is 13.4. The first kappa shape index (κ1) is 15.0. The van der Waals surface area contributed by atoms with E-state index in [1.807, 2.05) is 0 Å². The Bertz CT molecular complexity index is 385. The van der Waals surface area contributed by atoms with E-state index in [0.29, 0.717) is 6.04 Å². The largest absolute Gasteiger partial charge is 0.326 e. The van der Waals surface area contributed by atoms with Crippen LogP contribution in [0.15, 0.2) is 28.7 Å². The number of hydrogen-bond donors (Lipinski definition) is 1. The van der Waals surface area contributed by atoms with Gasteiger partial charge in [0.2, 0.25) is 0 Å². The molecule has 2 unspecified atom stereocenters. The molecule has 1 aromatic rings. The van der Waals surface area contributed by atoms with Gasteiger partial charge in [0, 0.05) is 42.7 Å². The highest BCUT2D eigenvalue weighted by Crippen LogP contribution is 2.27. The molecule has 1 saturated heterocycles. The normalized spacial score (nSPS) is 21.3. The van der Waals surface area contributed by atoms with Crippen LogP contribution in [0.25, 0.3) is 0 Å². The van der Waals surface area contributed by atoms with Crippen LogP contribution in [0, 0.1) is 0 Å². The van der Waals surface area contributed by atoms with Crippen LogP contribution in [0.1, 0.15) is 24.9 Å². The minimum atomic E-state index is 0.199. The van der Waals surface area contributed by atoms with Gasteiger partial charge in [0.25, 0.3) is 0 Å². The van der Waals surface area contributed by atoms with Crippen molar-refractivity contribution in [1.29, 1.82) is 0 Å². The van der Waals surface area contributed by atoms with Crippen molar-refractivity contribution in [1.82, 2.24) is 9.80 Å². The Morgan fingerprint density at radius 1 is 1.16 bits per heavy atom. The Balaban J connectivity index is 2.18. The molecule has 1 aliphatic heterocycles. The van der Waals surface area contributed by atoms with Crippen LogP contribution >= 0.6 is 15.9 Å². The SMILES string of the molecule is CCC(N)C(c1ccc(Br)cc1)N1CCN(C)CC1. The third-order valence-corrected chi connectivity index (χ3v) is 4.55. The highest BCUT2D eigenvalue weighted by atomic mass is 79.9. The number of piperazine rings is 1. The van der Waals surface area contributed by atoms with Gasteiger partial charge >= 0.3 is 0 Å². The molecule has 2 atom stereocenters. The van der Waals surface area contributed by atoms with E-state index < -0.39 is 0 Å². The molecule has 0 bridgehead atoms. The summed E-state index contributed by atoms with van der Waals surface area (Å²) in [4.78, 5) is 4.92. The molecular weight excluding hydrogens is 302 g/mol. The second kappa shape index (κ2) is 6.84. The molecule has 0 aromatic heterocycles. The zero-order valence-electron chi connectivity index (χ0n) is 11.8. The van der Waals surface area contributed by atoms with Gasteiger partial charge in [-0.2, -0.15) is 0 Å². The van der Waals surface area contributed by atoms with Gasteiger partial charge in [-0.3, -0.25) is 4.90 Å². The first-order chi connectivity index (χ1) is 9.11. The monoisotopic (exact) mass is 325 g/mol. The van der Waals surface area contributed by atoms with Crippen molar-refractivity contribution in [2.45, 2.75) is 25.4 Å². The van der Waals surface area contributed by atoms with E-state index in [4.69, 9.17) is 5.73 Å². The van der Waals surface area contributed by atoms with Gasteiger partial charge in [-0.1, -0.05) is 35.0 Å². The average Bonchev–Trinajstić information content (AvgIpc) is 2.43. The lowest BCUT2D eigenvalue weighted by Gasteiger charge is -2.40. The second-order valence-corrected chi connectivity index (χ2v) is 6.32. The van der Waals surface area contributed by atoms with Crippen LogP contribution in [0.5, 0.6) is 0 Å². The number of benzene rings is 1. The topological polar surface area (TPSA) is 32.5 Å². The summed E-state index contributed by atoms with van der Waals surface area (Å²) in [5.41, 5.74) is 7.72. The molecule has 1 heterocycles. The quantitative estimate of drug-likeness (QED) is 0.923. The Hall–Kier alpha value is -0.420. The third kappa shape index (κ3) is 3.78. The molecule has 4 heteroatoms. The number of likely N-dealkylation sites (N-methyl/N-ethyl adjacent to an activating group) is 1. The smallest absolute Gasteiger partial charge is 0.0500 e. The van der Waals surface area contributed by atoms with Crippen LogP contribution < -0.4 is 5.73 Å². The van der Waals surface area contributed by atoms with Crippen LogP contribution in [0.4, 0.5) is 0 Å². The number of halogens is 1. The van der Waals surface area contributed by atoms with E-state index in [1.54, 1.807) is 0 Å². The number of hydrogen-bond acceptors (Lipinski definition) is 3. The van der Waals surface area contributed by atoms with Crippen LogP contribution in [-0.4, -0.2) is 49.1 Å². The lowest BCUT2D eigenvalue weighted by atomic mass is 9.95. The van der Waals surface area contributed by atoms with Crippen molar-refractivity contribution in [3.63, 3.8) is 0 Å². The van der Waals surface area contributed by atoms with Crippen molar-refractivity contribution in [2.24, 2.45) is 5.73 Å². The fraction of sp³-hybridized carbons (Fsp3) is 0.600. The molecule has 3 nitrogen and oxygen atoms in total. The van der Waals surface area contributed by atoms with Gasteiger partial charge in [-0.15, -0.1) is 0 Å². The maximum atomic E-state index is 6.39. The molecule has 0 saturated carbocycles. The summed E-state index contributed by atoms with van der Waals surface area (Å²) in [7, 11) is 2.19. The van der Waals surface area contributed by atoms with Crippen LogP contribution in [0.3, 0.4) is 0 Å². The molecule has 106 valence electrons. The summed E-state index contributed by atoms with van der Waals surface area (Å²) in [6, 6.07) is 9.16. The lowest BCUT2D eigenvalue weighted by Crippen LogP contribution is -2.50. The van der Waals surface area contributed by atoms with Crippen molar-refractivity contribution >= 4 is 15.9 Å². The lowest BCUT2D eigenvalue weighted by molar-refractivity contribution is 0.0969. The molecule has 1 fully saturated rings. The van der Waals surface area contributed by atoms with Gasteiger partial charge in [0.1, 0.15) is 0 Å². The number of nitrogens with two attached hydrogens (primary N) is 1. The van der Waals surface area contributed by atoms with Gasteiger partial charge in [0.15, 0.2) is 0 Å². The predicted molar refractivity (Wildman–Crippen MR) is 84.2 cm³/mol. The molecule has 1 aliphatic rings. The maximum absolute atomic E-state index is 6.39. The van der Waals surface area contributed by atoms with E-state index in [1.165, 1.54) is 5.56 Å². The standard InChI is InChI=1S/C15H24BrN3/c1-3-14(17)15(12-4-6-13(16)7-5-12)19-10-8-18(2)9-11-19/h4-7,14-15H,3,8-11,17H2,1-2H3. The highest BCUT2D eigenvalue weighted by molar-refractivity contribution is 9.10. The van der Waals surface area contributed by atoms with E-state index in [2.05, 4.69) is 64.0 Å². The first-order valence-corrected chi connectivity index (χ1v) is 7.84. The molecule has 19 heavy (non-hydrogen) atoms. The Morgan fingerprint density at radius 3 is 2.26 bits per heavy atom. The summed E-state index contributed by atoms with van der Waals surface area (Å²) in [6.45, 7) is 6.63. The van der Waals surface area contributed by atoms with E-state index in [0.717, 1.165) is 37.1 Å². The zero-order chi connectivity index (χ0) is 13.8. The fourth-order valence-electron chi connectivity index (χ4n) is 2.71. The molecule has 0 radical (unpaired) electrons. The third-order valence-electron chi connectivity index (χ3n) is 4.02. The van der Waals surface area contributed by atoms with Crippen LogP contribution in [0.2, 0.25) is 0 Å². The first-order valence-electron chi connectivity index (χ1n) is 7.05. The summed E-state index contributed by atoms with van der Waals surface area (Å²) < 4.78 is 1.12. The summed E-state index contributed by atoms with van der Waals surface area (Å²) in [6.07, 6.45) is 1.01. The minimum absolute atomic E-state index is 0.199. The van der Waals surface area contributed by atoms with E-state index in [9.17, 15) is 0 Å². The minimum Gasteiger partial charge on any atom is -0.326 e. The molecule has 2 N–H and O–H groups in total. The Labute approximate surface area is 124 Å². The molecule has 0 amide bonds. The van der Waals surface area contributed by atoms with Gasteiger partial charge in [-0.05, 0) is 31.2 Å². The predicted octanol–water partition coefficient (Wildman–Crippen LogP) is 2.47. The maximum Gasteiger partial charge on any atom is 0.0500 e. The average molecular weight is 326 g/mol. The summed E-state index contributed by atoms with van der Waals surface area (Å²) in [5.74, 6) is 0. The van der Waals surface area contributed by atoms with Gasteiger partial charge in [0.05, 0.1) is 0 Å². The van der Waals surface area contributed by atoms with E-state index in [-0.39, 0.29) is 6.04 Å². The number of rotatable bonds is 4. The highest BCUT2D eigenvalue weighted by Gasteiger charge is 2.27. The Kier molecular flexibility index (Phi) is 5.39. The van der Waals surface area contributed by atoms with Gasteiger partial charge < -0.3 is 10.6 Å². The Morgan fingerprint density at radius 2 is 1.74 bits per heavy atom. The second-order valence-electron chi connectivity index (χ2n) is 5.41. The van der Waals surface area contributed by atoms with Crippen molar-refractivity contribution in [2.75, 3.05) is 33.2 Å².